The molecule has 0 amide bonds. The first-order valence-corrected chi connectivity index (χ1v) is 6.27. The summed E-state index contributed by atoms with van der Waals surface area (Å²) in [5, 5.41) is 10.1. The fourth-order valence-electron chi connectivity index (χ4n) is 2.14. The molecule has 6 nitrogen and oxygen atoms in total. The van der Waals surface area contributed by atoms with Crippen molar-refractivity contribution < 1.29 is 9.47 Å². The van der Waals surface area contributed by atoms with Gasteiger partial charge in [0.1, 0.15) is 5.75 Å². The van der Waals surface area contributed by atoms with Gasteiger partial charge in [0.25, 0.3) is 0 Å². The van der Waals surface area contributed by atoms with Gasteiger partial charge in [0.2, 0.25) is 0 Å². The molecule has 1 aromatic carbocycles. The van der Waals surface area contributed by atoms with Crippen molar-refractivity contribution in [2.45, 2.75) is 6.54 Å². The Morgan fingerprint density at radius 3 is 2.84 bits per heavy atom. The Labute approximate surface area is 113 Å². The van der Waals surface area contributed by atoms with Gasteiger partial charge in [-0.3, -0.25) is 10.3 Å². The molecule has 4 N–H and O–H groups in total. The highest BCUT2D eigenvalue weighted by Gasteiger charge is 2.13. The van der Waals surface area contributed by atoms with Crippen LogP contribution < -0.4 is 15.8 Å². The van der Waals surface area contributed by atoms with Gasteiger partial charge in [-0.1, -0.05) is 0 Å². The molecular formula is C13H20N4O2. The van der Waals surface area contributed by atoms with E-state index in [1.54, 1.807) is 7.11 Å². The maximum atomic E-state index is 7.26. The Hall–Kier alpha value is -1.79. The second kappa shape index (κ2) is 6.40. The van der Waals surface area contributed by atoms with Crippen LogP contribution in [-0.2, 0) is 11.3 Å². The highest BCUT2D eigenvalue weighted by molar-refractivity contribution is 5.89. The average Bonchev–Trinajstić information content (AvgIpc) is 2.39. The number of anilines is 1. The Morgan fingerprint density at radius 1 is 1.47 bits per heavy atom. The zero-order chi connectivity index (χ0) is 13.7. The number of nitrogens with zero attached hydrogens (tertiary/aromatic N) is 1. The van der Waals surface area contributed by atoms with Crippen LogP contribution in [0.3, 0.4) is 0 Å². The highest BCUT2D eigenvalue weighted by atomic mass is 16.5. The van der Waals surface area contributed by atoms with Gasteiger partial charge in [0.15, 0.2) is 5.96 Å². The van der Waals surface area contributed by atoms with Crippen LogP contribution in [0.25, 0.3) is 0 Å². The lowest BCUT2D eigenvalue weighted by molar-refractivity contribution is 0.0339. The Bertz CT molecular complexity index is 444. The molecule has 1 aromatic rings. The van der Waals surface area contributed by atoms with Gasteiger partial charge in [0, 0.05) is 30.9 Å². The third-order valence-corrected chi connectivity index (χ3v) is 3.06. The SMILES string of the molecule is COc1ccc(NC(=N)N)cc1CN1CCOCC1. The van der Waals surface area contributed by atoms with Crippen LogP contribution in [0, 0.1) is 5.41 Å². The summed E-state index contributed by atoms with van der Waals surface area (Å²) < 4.78 is 10.7. The molecule has 0 aromatic heterocycles. The molecule has 1 heterocycles. The third-order valence-electron chi connectivity index (χ3n) is 3.06. The predicted octanol–water partition coefficient (Wildman–Crippen LogP) is 0.833. The molecule has 6 heteroatoms. The number of guanidine groups is 1. The number of benzene rings is 1. The van der Waals surface area contributed by atoms with Crippen LogP contribution >= 0.6 is 0 Å². The normalized spacial score (nSPS) is 16.1. The molecule has 2 rings (SSSR count). The van der Waals surface area contributed by atoms with Crippen LogP contribution in [0.4, 0.5) is 5.69 Å². The number of hydrogen-bond acceptors (Lipinski definition) is 4. The average molecular weight is 264 g/mol. The zero-order valence-electron chi connectivity index (χ0n) is 11.1. The van der Waals surface area contributed by atoms with E-state index < -0.39 is 0 Å². The van der Waals surface area contributed by atoms with Crippen molar-refractivity contribution in [2.75, 3.05) is 38.7 Å². The standard InChI is InChI=1S/C13H20N4O2/c1-18-12-3-2-11(16-13(14)15)8-10(12)9-17-4-6-19-7-5-17/h2-3,8H,4-7,9H2,1H3,(H4,14,15,16). The molecular weight excluding hydrogens is 244 g/mol. The lowest BCUT2D eigenvalue weighted by Crippen LogP contribution is -2.35. The van der Waals surface area contributed by atoms with Crippen molar-refractivity contribution in [1.82, 2.24) is 4.90 Å². The van der Waals surface area contributed by atoms with Gasteiger partial charge in [-0.05, 0) is 18.2 Å². The fourth-order valence-corrected chi connectivity index (χ4v) is 2.14. The van der Waals surface area contributed by atoms with Crippen molar-refractivity contribution in [1.29, 1.82) is 5.41 Å². The molecule has 0 radical (unpaired) electrons. The Balaban J connectivity index is 2.12. The lowest BCUT2D eigenvalue weighted by Gasteiger charge is -2.27. The molecule has 1 aliphatic rings. The molecule has 0 unspecified atom stereocenters. The summed E-state index contributed by atoms with van der Waals surface area (Å²) in [5.41, 5.74) is 7.23. The molecule has 104 valence electrons. The van der Waals surface area contributed by atoms with E-state index in [1.807, 2.05) is 18.2 Å². The number of rotatable bonds is 4. The van der Waals surface area contributed by atoms with Gasteiger partial charge < -0.3 is 20.5 Å². The van der Waals surface area contributed by atoms with E-state index in [0.717, 1.165) is 49.8 Å². The van der Waals surface area contributed by atoms with E-state index in [1.165, 1.54) is 0 Å². The zero-order valence-corrected chi connectivity index (χ0v) is 11.1. The lowest BCUT2D eigenvalue weighted by atomic mass is 10.1. The minimum absolute atomic E-state index is 0.0671. The summed E-state index contributed by atoms with van der Waals surface area (Å²) in [6, 6.07) is 5.71. The van der Waals surface area contributed by atoms with Crippen LogP contribution in [0.2, 0.25) is 0 Å². The summed E-state index contributed by atoms with van der Waals surface area (Å²) in [6.07, 6.45) is 0. The van der Waals surface area contributed by atoms with Crippen molar-refractivity contribution >= 4 is 11.6 Å². The van der Waals surface area contributed by atoms with Crippen molar-refractivity contribution in [3.63, 3.8) is 0 Å². The first-order chi connectivity index (χ1) is 9.19. The van der Waals surface area contributed by atoms with Crippen LogP contribution in [0.15, 0.2) is 18.2 Å². The minimum Gasteiger partial charge on any atom is -0.496 e. The van der Waals surface area contributed by atoms with E-state index in [9.17, 15) is 0 Å². The summed E-state index contributed by atoms with van der Waals surface area (Å²) in [4.78, 5) is 2.32. The summed E-state index contributed by atoms with van der Waals surface area (Å²) in [6.45, 7) is 4.20. The monoisotopic (exact) mass is 264 g/mol. The quantitative estimate of drug-likeness (QED) is 0.554. The van der Waals surface area contributed by atoms with Crippen LogP contribution in [-0.4, -0.2) is 44.3 Å². The maximum Gasteiger partial charge on any atom is 0.190 e. The van der Waals surface area contributed by atoms with Gasteiger partial charge in [-0.2, -0.15) is 0 Å². The van der Waals surface area contributed by atoms with E-state index in [-0.39, 0.29) is 5.96 Å². The summed E-state index contributed by atoms with van der Waals surface area (Å²) >= 11 is 0. The van der Waals surface area contributed by atoms with E-state index in [0.29, 0.717) is 0 Å². The van der Waals surface area contributed by atoms with Gasteiger partial charge in [-0.15, -0.1) is 0 Å². The second-order valence-corrected chi connectivity index (χ2v) is 4.45. The Morgan fingerprint density at radius 2 is 2.21 bits per heavy atom. The summed E-state index contributed by atoms with van der Waals surface area (Å²) in [5.74, 6) is 0.781. The predicted molar refractivity (Wildman–Crippen MR) is 74.6 cm³/mol. The van der Waals surface area contributed by atoms with E-state index >= 15 is 0 Å². The Kier molecular flexibility index (Phi) is 4.59. The fraction of sp³-hybridized carbons (Fsp3) is 0.462. The van der Waals surface area contributed by atoms with Gasteiger partial charge in [0.05, 0.1) is 20.3 Å². The first kappa shape index (κ1) is 13.6. The number of methoxy groups -OCH3 is 1. The van der Waals surface area contributed by atoms with Crippen molar-refractivity contribution in [3.05, 3.63) is 23.8 Å². The molecule has 0 saturated carbocycles. The van der Waals surface area contributed by atoms with E-state index in [4.69, 9.17) is 20.6 Å². The van der Waals surface area contributed by atoms with Gasteiger partial charge >= 0.3 is 0 Å². The smallest absolute Gasteiger partial charge is 0.190 e. The van der Waals surface area contributed by atoms with Gasteiger partial charge in [-0.25, -0.2) is 0 Å². The largest absolute Gasteiger partial charge is 0.496 e. The molecule has 0 atom stereocenters. The third kappa shape index (κ3) is 3.84. The number of nitrogens with one attached hydrogen (secondary N) is 2. The minimum atomic E-state index is -0.0671. The second-order valence-electron chi connectivity index (χ2n) is 4.45. The molecule has 19 heavy (non-hydrogen) atoms. The number of morpholine rings is 1. The number of nitrogens with two attached hydrogens (primary N) is 1. The number of ether oxygens (including phenoxy) is 2. The topological polar surface area (TPSA) is 83.6 Å². The number of hydrogen-bond donors (Lipinski definition) is 3. The molecule has 1 aliphatic heterocycles. The summed E-state index contributed by atoms with van der Waals surface area (Å²) in [7, 11) is 1.66. The molecule has 0 aliphatic carbocycles. The molecule has 1 fully saturated rings. The van der Waals surface area contributed by atoms with Crippen LogP contribution in [0.1, 0.15) is 5.56 Å². The van der Waals surface area contributed by atoms with Crippen molar-refractivity contribution in [2.24, 2.45) is 5.73 Å². The molecule has 0 bridgehead atoms. The van der Waals surface area contributed by atoms with Crippen molar-refractivity contribution in [3.8, 4) is 5.75 Å². The first-order valence-electron chi connectivity index (χ1n) is 6.27. The maximum absolute atomic E-state index is 7.26. The molecule has 0 spiro atoms. The molecule has 1 saturated heterocycles. The van der Waals surface area contributed by atoms with Crippen LogP contribution in [0.5, 0.6) is 5.75 Å². The highest BCUT2D eigenvalue weighted by Crippen LogP contribution is 2.24. The van der Waals surface area contributed by atoms with E-state index in [2.05, 4.69) is 10.2 Å².